The summed E-state index contributed by atoms with van der Waals surface area (Å²) in [5.41, 5.74) is 0. The monoisotopic (exact) mass is 177 g/mol. The van der Waals surface area contributed by atoms with Crippen molar-refractivity contribution >= 4 is 5.78 Å². The third kappa shape index (κ3) is 5.82. The standard InChI is InChI=1S/C8H13F2NO/c1-6(2)7(12)3-4-11-5-8(9)10/h3-4,6,8,11H,5H2,1-2H3/b4-3+. The minimum absolute atomic E-state index is 0.0724. The van der Waals surface area contributed by atoms with E-state index in [4.69, 9.17) is 0 Å². The van der Waals surface area contributed by atoms with Gasteiger partial charge in [-0.15, -0.1) is 0 Å². The summed E-state index contributed by atoms with van der Waals surface area (Å²) in [7, 11) is 0. The molecule has 0 radical (unpaired) electrons. The lowest BCUT2D eigenvalue weighted by atomic mass is 10.1. The molecule has 0 aliphatic carbocycles. The van der Waals surface area contributed by atoms with Crippen molar-refractivity contribution in [1.29, 1.82) is 0 Å². The van der Waals surface area contributed by atoms with Gasteiger partial charge in [0.05, 0.1) is 6.54 Å². The molecule has 0 spiro atoms. The second-order valence-electron chi connectivity index (χ2n) is 2.69. The summed E-state index contributed by atoms with van der Waals surface area (Å²) in [6.07, 6.45) is 0.144. The predicted molar refractivity (Wildman–Crippen MR) is 43.0 cm³/mol. The average molecular weight is 177 g/mol. The van der Waals surface area contributed by atoms with Crippen LogP contribution >= 0.6 is 0 Å². The molecule has 2 nitrogen and oxygen atoms in total. The van der Waals surface area contributed by atoms with Crippen LogP contribution in [-0.2, 0) is 4.79 Å². The van der Waals surface area contributed by atoms with Crippen molar-refractivity contribution in [1.82, 2.24) is 5.32 Å². The molecule has 0 aromatic heterocycles. The van der Waals surface area contributed by atoms with E-state index in [1.54, 1.807) is 13.8 Å². The Morgan fingerprint density at radius 2 is 2.08 bits per heavy atom. The van der Waals surface area contributed by atoms with Crippen LogP contribution in [0, 0.1) is 5.92 Å². The first-order valence-electron chi connectivity index (χ1n) is 3.76. The van der Waals surface area contributed by atoms with Crippen molar-refractivity contribution in [3.8, 4) is 0 Å². The van der Waals surface area contributed by atoms with E-state index in [-0.39, 0.29) is 11.7 Å². The number of nitrogens with one attached hydrogen (secondary N) is 1. The van der Waals surface area contributed by atoms with Crippen LogP contribution in [0.4, 0.5) is 8.78 Å². The van der Waals surface area contributed by atoms with Gasteiger partial charge in [0.15, 0.2) is 5.78 Å². The maximum absolute atomic E-state index is 11.5. The molecular formula is C8H13F2NO. The maximum atomic E-state index is 11.5. The van der Waals surface area contributed by atoms with Crippen LogP contribution in [0.25, 0.3) is 0 Å². The minimum Gasteiger partial charge on any atom is -0.385 e. The molecule has 0 unspecified atom stereocenters. The fraction of sp³-hybridized carbons (Fsp3) is 0.625. The number of ketones is 1. The highest BCUT2D eigenvalue weighted by Crippen LogP contribution is 1.94. The highest BCUT2D eigenvalue weighted by atomic mass is 19.3. The second kappa shape index (κ2) is 5.69. The number of hydrogen-bond donors (Lipinski definition) is 1. The molecule has 0 rings (SSSR count). The quantitative estimate of drug-likeness (QED) is 0.646. The largest absolute Gasteiger partial charge is 0.385 e. The Morgan fingerprint density at radius 3 is 2.50 bits per heavy atom. The van der Waals surface area contributed by atoms with Crippen molar-refractivity contribution in [3.63, 3.8) is 0 Å². The van der Waals surface area contributed by atoms with Gasteiger partial charge in [0.2, 0.25) is 0 Å². The molecule has 1 N–H and O–H groups in total. The molecule has 0 saturated carbocycles. The summed E-state index contributed by atoms with van der Waals surface area (Å²) in [5.74, 6) is -0.161. The zero-order chi connectivity index (χ0) is 9.56. The Labute approximate surface area is 70.6 Å². The van der Waals surface area contributed by atoms with Crippen molar-refractivity contribution < 1.29 is 13.6 Å². The van der Waals surface area contributed by atoms with Gasteiger partial charge in [0.25, 0.3) is 6.43 Å². The van der Waals surface area contributed by atoms with Gasteiger partial charge in [-0.25, -0.2) is 8.78 Å². The number of hydrogen-bond acceptors (Lipinski definition) is 2. The van der Waals surface area contributed by atoms with Crippen LogP contribution in [0.15, 0.2) is 12.3 Å². The van der Waals surface area contributed by atoms with E-state index >= 15 is 0 Å². The lowest BCUT2D eigenvalue weighted by Crippen LogP contribution is -2.15. The fourth-order valence-corrected chi connectivity index (χ4v) is 0.491. The van der Waals surface area contributed by atoms with Crippen LogP contribution in [0.3, 0.4) is 0 Å². The molecule has 0 aromatic rings. The fourth-order valence-electron chi connectivity index (χ4n) is 0.491. The van der Waals surface area contributed by atoms with Crippen molar-refractivity contribution in [2.75, 3.05) is 6.54 Å². The molecule has 0 heterocycles. The van der Waals surface area contributed by atoms with Crippen LogP contribution in [0.1, 0.15) is 13.8 Å². The van der Waals surface area contributed by atoms with Crippen molar-refractivity contribution in [2.24, 2.45) is 5.92 Å². The van der Waals surface area contributed by atoms with Crippen LogP contribution in [-0.4, -0.2) is 18.8 Å². The van der Waals surface area contributed by atoms with Gasteiger partial charge >= 0.3 is 0 Å². The third-order valence-corrected chi connectivity index (χ3v) is 1.21. The number of carbonyl (C=O) groups excluding carboxylic acids is 1. The van der Waals surface area contributed by atoms with Gasteiger partial charge in [-0.05, 0) is 6.08 Å². The summed E-state index contributed by atoms with van der Waals surface area (Å²) < 4.78 is 23.1. The highest BCUT2D eigenvalue weighted by Gasteiger charge is 2.01. The zero-order valence-corrected chi connectivity index (χ0v) is 7.18. The molecule has 0 saturated heterocycles. The maximum Gasteiger partial charge on any atom is 0.255 e. The molecule has 0 fully saturated rings. The first-order chi connectivity index (χ1) is 5.54. The smallest absolute Gasteiger partial charge is 0.255 e. The van der Waals surface area contributed by atoms with Gasteiger partial charge in [-0.1, -0.05) is 13.8 Å². The number of allylic oxidation sites excluding steroid dienone is 1. The summed E-state index contributed by atoms with van der Waals surface area (Å²) in [6, 6.07) is 0. The van der Waals surface area contributed by atoms with Gasteiger partial charge in [-0.3, -0.25) is 4.79 Å². The lowest BCUT2D eigenvalue weighted by Gasteiger charge is -1.99. The van der Waals surface area contributed by atoms with Gasteiger partial charge < -0.3 is 5.32 Å². The summed E-state index contributed by atoms with van der Waals surface area (Å²) in [4.78, 5) is 10.9. The number of alkyl halides is 2. The Bertz CT molecular complexity index is 166. The molecule has 0 amide bonds. The van der Waals surface area contributed by atoms with E-state index in [1.807, 2.05) is 0 Å². The first kappa shape index (κ1) is 11.1. The van der Waals surface area contributed by atoms with E-state index in [9.17, 15) is 13.6 Å². The molecule has 0 aliphatic rings. The SMILES string of the molecule is CC(C)C(=O)/C=C/NCC(F)F. The van der Waals surface area contributed by atoms with E-state index < -0.39 is 13.0 Å². The van der Waals surface area contributed by atoms with E-state index in [2.05, 4.69) is 5.32 Å². The van der Waals surface area contributed by atoms with Gasteiger partial charge in [-0.2, -0.15) is 0 Å². The van der Waals surface area contributed by atoms with Crippen LogP contribution in [0.5, 0.6) is 0 Å². The number of halogens is 2. The molecule has 0 bridgehead atoms. The Morgan fingerprint density at radius 1 is 1.50 bits per heavy atom. The molecule has 0 aromatic carbocycles. The van der Waals surface area contributed by atoms with E-state index in [1.165, 1.54) is 12.3 Å². The van der Waals surface area contributed by atoms with E-state index in [0.717, 1.165) is 0 Å². The van der Waals surface area contributed by atoms with Gasteiger partial charge in [0.1, 0.15) is 0 Å². The molecule has 12 heavy (non-hydrogen) atoms. The Kier molecular flexibility index (Phi) is 5.25. The van der Waals surface area contributed by atoms with Crippen LogP contribution in [0.2, 0.25) is 0 Å². The molecule has 4 heteroatoms. The molecule has 0 aliphatic heterocycles. The summed E-state index contributed by atoms with van der Waals surface area (Å²) >= 11 is 0. The van der Waals surface area contributed by atoms with Crippen molar-refractivity contribution in [2.45, 2.75) is 20.3 Å². The minimum atomic E-state index is -2.39. The summed E-state index contributed by atoms with van der Waals surface area (Å²) in [5, 5.41) is 2.32. The topological polar surface area (TPSA) is 29.1 Å². The molecular weight excluding hydrogens is 164 g/mol. The lowest BCUT2D eigenvalue weighted by molar-refractivity contribution is -0.117. The number of carbonyl (C=O) groups is 1. The number of rotatable bonds is 5. The first-order valence-corrected chi connectivity index (χ1v) is 3.76. The predicted octanol–water partition coefficient (Wildman–Crippen LogP) is 1.58. The van der Waals surface area contributed by atoms with Crippen LogP contribution < -0.4 is 5.32 Å². The second-order valence-corrected chi connectivity index (χ2v) is 2.69. The van der Waals surface area contributed by atoms with Crippen molar-refractivity contribution in [3.05, 3.63) is 12.3 Å². The van der Waals surface area contributed by atoms with E-state index in [0.29, 0.717) is 0 Å². The Hall–Kier alpha value is -0.930. The zero-order valence-electron chi connectivity index (χ0n) is 7.18. The third-order valence-electron chi connectivity index (χ3n) is 1.21. The normalized spacial score (nSPS) is 11.5. The molecule has 70 valence electrons. The van der Waals surface area contributed by atoms with Gasteiger partial charge in [0, 0.05) is 12.1 Å². The molecule has 0 atom stereocenters. The average Bonchev–Trinajstić information content (AvgIpc) is 1.97. The highest BCUT2D eigenvalue weighted by molar-refractivity contribution is 5.90. The Balaban J connectivity index is 3.55. The summed E-state index contributed by atoms with van der Waals surface area (Å²) in [6.45, 7) is 3.08.